The maximum Gasteiger partial charge on any atom is 0.407 e. The van der Waals surface area contributed by atoms with E-state index in [9.17, 15) is 14.4 Å². The molecule has 4 rings (SSSR count). The molecule has 180 valence electrons. The third-order valence-electron chi connectivity index (χ3n) is 6.16. The summed E-state index contributed by atoms with van der Waals surface area (Å²) in [5, 5.41) is 14.5. The van der Waals surface area contributed by atoms with Gasteiger partial charge in [0.25, 0.3) is 0 Å². The number of carbonyl (C=O) groups is 3. The van der Waals surface area contributed by atoms with E-state index in [0.717, 1.165) is 22.3 Å². The highest BCUT2D eigenvalue weighted by molar-refractivity contribution is 5.91. The molecule has 3 N–H and O–H groups in total. The molecule has 35 heavy (non-hydrogen) atoms. The maximum absolute atomic E-state index is 12.6. The average molecular weight is 473 g/mol. The summed E-state index contributed by atoms with van der Waals surface area (Å²) in [4.78, 5) is 36.0. The Hall–Kier alpha value is -4.13. The van der Waals surface area contributed by atoms with Crippen molar-refractivity contribution in [2.45, 2.75) is 38.1 Å². The van der Waals surface area contributed by atoms with E-state index in [4.69, 9.17) is 9.84 Å². The summed E-state index contributed by atoms with van der Waals surface area (Å²) >= 11 is 0. The fraction of sp³-hybridized carbons (Fsp3) is 0.250. The van der Waals surface area contributed by atoms with Crippen LogP contribution in [0.4, 0.5) is 10.5 Å². The van der Waals surface area contributed by atoms with Crippen LogP contribution in [0.2, 0.25) is 0 Å². The number of aliphatic carboxylic acids is 1. The Balaban J connectivity index is 1.31. The van der Waals surface area contributed by atoms with Gasteiger partial charge in [-0.15, -0.1) is 0 Å². The van der Waals surface area contributed by atoms with Crippen LogP contribution in [-0.4, -0.2) is 35.7 Å². The molecule has 1 aliphatic carbocycles. The third kappa shape index (κ3) is 5.87. The second kappa shape index (κ2) is 10.9. The van der Waals surface area contributed by atoms with Gasteiger partial charge in [-0.3, -0.25) is 9.59 Å². The van der Waals surface area contributed by atoms with E-state index in [1.54, 1.807) is 24.3 Å². The molecule has 0 spiro atoms. The van der Waals surface area contributed by atoms with Gasteiger partial charge >= 0.3 is 12.1 Å². The first-order valence-corrected chi connectivity index (χ1v) is 11.7. The number of carbonyl (C=O) groups excluding carboxylic acids is 2. The van der Waals surface area contributed by atoms with E-state index in [-0.39, 0.29) is 31.3 Å². The zero-order valence-corrected chi connectivity index (χ0v) is 19.5. The number of hydrogen-bond acceptors (Lipinski definition) is 4. The Morgan fingerprint density at radius 2 is 1.60 bits per heavy atom. The average Bonchev–Trinajstić information content (AvgIpc) is 3.16. The molecule has 1 aliphatic rings. The molecule has 0 fully saturated rings. The molecule has 0 radical (unpaired) electrons. The molecule has 3 aromatic carbocycles. The van der Waals surface area contributed by atoms with Gasteiger partial charge in [0.05, 0.1) is 6.42 Å². The summed E-state index contributed by atoms with van der Waals surface area (Å²) in [6, 6.07) is 22.6. The van der Waals surface area contributed by atoms with Crippen molar-refractivity contribution in [1.29, 1.82) is 0 Å². The van der Waals surface area contributed by atoms with E-state index < -0.39 is 18.1 Å². The smallest absolute Gasteiger partial charge is 0.407 e. The zero-order valence-electron chi connectivity index (χ0n) is 19.5. The zero-order chi connectivity index (χ0) is 24.8. The topological polar surface area (TPSA) is 105 Å². The number of fused-ring (bicyclic) bond motifs is 3. The van der Waals surface area contributed by atoms with Gasteiger partial charge in [-0.2, -0.15) is 0 Å². The lowest BCUT2D eigenvalue weighted by atomic mass is 9.98. The highest BCUT2D eigenvalue weighted by Gasteiger charge is 2.29. The van der Waals surface area contributed by atoms with Gasteiger partial charge < -0.3 is 20.5 Å². The second-order valence-corrected chi connectivity index (χ2v) is 8.60. The van der Waals surface area contributed by atoms with Crippen LogP contribution < -0.4 is 10.6 Å². The summed E-state index contributed by atoms with van der Waals surface area (Å²) in [5.74, 6) is -1.25. The number of rotatable bonds is 9. The van der Waals surface area contributed by atoms with Gasteiger partial charge in [-0.25, -0.2) is 4.79 Å². The minimum Gasteiger partial charge on any atom is -0.481 e. The molecule has 0 heterocycles. The first-order chi connectivity index (χ1) is 16.9. The Labute approximate surface area is 204 Å². The number of nitrogens with one attached hydrogen (secondary N) is 2. The number of hydrogen-bond donors (Lipinski definition) is 3. The molecule has 7 heteroatoms. The van der Waals surface area contributed by atoms with Crippen LogP contribution >= 0.6 is 0 Å². The van der Waals surface area contributed by atoms with Gasteiger partial charge in [-0.05, 0) is 46.4 Å². The Morgan fingerprint density at radius 1 is 0.943 bits per heavy atom. The van der Waals surface area contributed by atoms with Crippen molar-refractivity contribution in [2.75, 3.05) is 11.9 Å². The van der Waals surface area contributed by atoms with Crippen molar-refractivity contribution in [3.63, 3.8) is 0 Å². The molecule has 0 aromatic heterocycles. The van der Waals surface area contributed by atoms with Crippen molar-refractivity contribution in [2.24, 2.45) is 0 Å². The lowest BCUT2D eigenvalue weighted by Crippen LogP contribution is -2.38. The standard InChI is InChI=1S/C28H28N2O5/c1-2-19(16-26(31)29-20-9-7-8-18(14-20)15-27(32)33)30-28(34)35-17-25-23-12-5-3-10-21(23)22-11-4-6-13-24(22)25/h3-14,19,25H,2,15-17H2,1H3,(H,29,31)(H,30,34)(H,32,33)/t19-/m1/s1. The fourth-order valence-electron chi connectivity index (χ4n) is 4.47. The van der Waals surface area contributed by atoms with Crippen molar-refractivity contribution >= 4 is 23.7 Å². The highest BCUT2D eigenvalue weighted by Crippen LogP contribution is 2.44. The quantitative estimate of drug-likeness (QED) is 0.408. The van der Waals surface area contributed by atoms with Crippen molar-refractivity contribution < 1.29 is 24.2 Å². The van der Waals surface area contributed by atoms with Crippen molar-refractivity contribution in [1.82, 2.24) is 5.32 Å². The first kappa shape index (κ1) is 24.0. The molecule has 2 amide bonds. The van der Waals surface area contributed by atoms with Crippen LogP contribution in [0.25, 0.3) is 11.1 Å². The van der Waals surface area contributed by atoms with Gasteiger partial charge in [0.1, 0.15) is 6.61 Å². The Morgan fingerprint density at radius 3 is 2.23 bits per heavy atom. The maximum atomic E-state index is 12.6. The molecule has 0 saturated heterocycles. The van der Waals surface area contributed by atoms with Gasteiger partial charge in [0, 0.05) is 24.1 Å². The normalized spacial score (nSPS) is 12.8. The number of alkyl carbamates (subject to hydrolysis) is 1. The highest BCUT2D eigenvalue weighted by atomic mass is 16.5. The predicted octanol–water partition coefficient (Wildman–Crippen LogP) is 4.96. The molecular formula is C28H28N2O5. The SMILES string of the molecule is CC[C@H](CC(=O)Nc1cccc(CC(=O)O)c1)NC(=O)OCC1c2ccccc2-c2ccccc21. The summed E-state index contributed by atoms with van der Waals surface area (Å²) in [7, 11) is 0. The number of amides is 2. The van der Waals surface area contributed by atoms with Gasteiger partial charge in [-0.1, -0.05) is 67.6 Å². The van der Waals surface area contributed by atoms with Crippen molar-refractivity contribution in [3.8, 4) is 11.1 Å². The first-order valence-electron chi connectivity index (χ1n) is 11.7. The number of carboxylic acid groups (broad SMARTS) is 1. The minimum absolute atomic E-state index is 0.0328. The monoisotopic (exact) mass is 472 g/mol. The number of benzene rings is 3. The summed E-state index contributed by atoms with van der Waals surface area (Å²) in [5.41, 5.74) is 5.71. The fourth-order valence-corrected chi connectivity index (χ4v) is 4.47. The number of anilines is 1. The number of carboxylic acids is 1. The molecule has 3 aromatic rings. The number of ether oxygens (including phenoxy) is 1. The Bertz CT molecular complexity index is 1190. The van der Waals surface area contributed by atoms with Crippen LogP contribution in [0.15, 0.2) is 72.8 Å². The van der Waals surface area contributed by atoms with Crippen LogP contribution in [0.3, 0.4) is 0 Å². The molecule has 1 atom stereocenters. The second-order valence-electron chi connectivity index (χ2n) is 8.60. The van der Waals surface area contributed by atoms with E-state index in [0.29, 0.717) is 17.7 Å². The largest absolute Gasteiger partial charge is 0.481 e. The third-order valence-corrected chi connectivity index (χ3v) is 6.16. The van der Waals surface area contributed by atoms with Crippen LogP contribution in [0.1, 0.15) is 42.4 Å². The molecular weight excluding hydrogens is 444 g/mol. The molecule has 0 saturated carbocycles. The summed E-state index contributed by atoms with van der Waals surface area (Å²) in [6.45, 7) is 2.09. The summed E-state index contributed by atoms with van der Waals surface area (Å²) in [6.07, 6.45) is -0.0551. The minimum atomic E-state index is -0.938. The summed E-state index contributed by atoms with van der Waals surface area (Å²) < 4.78 is 5.59. The Kier molecular flexibility index (Phi) is 7.45. The van der Waals surface area contributed by atoms with Crippen molar-refractivity contribution in [3.05, 3.63) is 89.5 Å². The predicted molar refractivity (Wildman–Crippen MR) is 133 cm³/mol. The van der Waals surface area contributed by atoms with Gasteiger partial charge in [0.2, 0.25) is 5.91 Å². The van der Waals surface area contributed by atoms with E-state index in [2.05, 4.69) is 34.9 Å². The van der Waals surface area contributed by atoms with E-state index in [1.807, 2.05) is 31.2 Å². The molecule has 7 nitrogen and oxygen atoms in total. The van der Waals surface area contributed by atoms with Gasteiger partial charge in [0.15, 0.2) is 0 Å². The van der Waals surface area contributed by atoms with Crippen LogP contribution in [0, 0.1) is 0 Å². The lowest BCUT2D eigenvalue weighted by molar-refractivity contribution is -0.136. The van der Waals surface area contributed by atoms with E-state index >= 15 is 0 Å². The lowest BCUT2D eigenvalue weighted by Gasteiger charge is -2.19. The van der Waals surface area contributed by atoms with Crippen LogP contribution in [-0.2, 0) is 20.7 Å². The van der Waals surface area contributed by atoms with Crippen LogP contribution in [0.5, 0.6) is 0 Å². The molecule has 0 aliphatic heterocycles. The molecule has 0 bridgehead atoms. The van der Waals surface area contributed by atoms with E-state index in [1.165, 1.54) is 0 Å². The molecule has 0 unspecified atom stereocenters.